The van der Waals surface area contributed by atoms with Crippen LogP contribution in [0.3, 0.4) is 0 Å². The van der Waals surface area contributed by atoms with Crippen LogP contribution < -0.4 is 5.32 Å². The zero-order chi connectivity index (χ0) is 18.4. The summed E-state index contributed by atoms with van der Waals surface area (Å²) >= 11 is 6.12. The van der Waals surface area contributed by atoms with Crippen LogP contribution in [0.4, 0.5) is 5.69 Å². The van der Waals surface area contributed by atoms with E-state index in [-0.39, 0.29) is 22.9 Å². The molecule has 0 saturated heterocycles. The second kappa shape index (κ2) is 8.47. The Hall–Kier alpha value is -1.89. The summed E-state index contributed by atoms with van der Waals surface area (Å²) in [6.07, 6.45) is 0.185. The number of sulfonamides is 1. The average molecular weight is 381 g/mol. The molecule has 0 saturated carbocycles. The van der Waals surface area contributed by atoms with Crippen LogP contribution in [0.15, 0.2) is 53.4 Å². The third-order valence-electron chi connectivity index (χ3n) is 3.76. The van der Waals surface area contributed by atoms with Gasteiger partial charge in [-0.05, 0) is 23.8 Å². The average Bonchev–Trinajstić information content (AvgIpc) is 2.58. The van der Waals surface area contributed by atoms with Gasteiger partial charge in [-0.2, -0.15) is 4.31 Å². The van der Waals surface area contributed by atoms with Crippen molar-refractivity contribution in [3.05, 3.63) is 59.1 Å². The highest BCUT2D eigenvalue weighted by atomic mass is 35.5. The van der Waals surface area contributed by atoms with Gasteiger partial charge in [0.05, 0.1) is 22.0 Å². The van der Waals surface area contributed by atoms with Crippen molar-refractivity contribution in [1.82, 2.24) is 4.31 Å². The maximum Gasteiger partial charge on any atom is 0.243 e. The van der Waals surface area contributed by atoms with Crippen molar-refractivity contribution in [2.45, 2.75) is 25.2 Å². The van der Waals surface area contributed by atoms with Crippen molar-refractivity contribution in [1.29, 1.82) is 0 Å². The molecule has 1 amide bonds. The van der Waals surface area contributed by atoms with E-state index in [4.69, 9.17) is 11.6 Å². The van der Waals surface area contributed by atoms with Gasteiger partial charge in [-0.1, -0.05) is 55.8 Å². The number of nitrogens with zero attached hydrogens (tertiary/aromatic N) is 1. The lowest BCUT2D eigenvalue weighted by Crippen LogP contribution is -2.30. The Morgan fingerprint density at radius 1 is 1.08 bits per heavy atom. The lowest BCUT2D eigenvalue weighted by Gasteiger charge is -2.19. The highest BCUT2D eigenvalue weighted by Crippen LogP contribution is 2.27. The van der Waals surface area contributed by atoms with E-state index in [0.717, 1.165) is 5.56 Å². The molecule has 0 bridgehead atoms. The molecule has 0 atom stereocenters. The minimum Gasteiger partial charge on any atom is -0.324 e. The fourth-order valence-electron chi connectivity index (χ4n) is 2.45. The van der Waals surface area contributed by atoms with Crippen LogP contribution >= 0.6 is 11.6 Å². The van der Waals surface area contributed by atoms with Gasteiger partial charge in [0.1, 0.15) is 0 Å². The van der Waals surface area contributed by atoms with Crippen molar-refractivity contribution in [2.24, 2.45) is 0 Å². The van der Waals surface area contributed by atoms with Crippen molar-refractivity contribution in [2.75, 3.05) is 18.4 Å². The Morgan fingerprint density at radius 2 is 1.72 bits per heavy atom. The molecule has 0 unspecified atom stereocenters. The number of carbonyl (C=O) groups is 1. The van der Waals surface area contributed by atoms with Crippen molar-refractivity contribution in [3.63, 3.8) is 0 Å². The first-order chi connectivity index (χ1) is 11.9. The predicted molar refractivity (Wildman–Crippen MR) is 100 cm³/mol. The Labute approximate surface area is 153 Å². The second-order valence-electron chi connectivity index (χ2n) is 5.44. The first kappa shape index (κ1) is 19.4. The first-order valence-corrected chi connectivity index (χ1v) is 9.83. The van der Waals surface area contributed by atoms with Crippen LogP contribution in [-0.4, -0.2) is 31.7 Å². The maximum absolute atomic E-state index is 12.6. The lowest BCUT2D eigenvalue weighted by molar-refractivity contribution is -0.115. The molecule has 2 aromatic rings. The second-order valence-corrected chi connectivity index (χ2v) is 7.79. The number of rotatable bonds is 7. The standard InChI is InChI=1S/C18H21ClN2O3S/c1-3-21(4-2)25(23,24)15-10-11-16(19)17(13-15)20-18(22)12-14-8-6-5-7-9-14/h5-11,13H,3-4,12H2,1-2H3,(H,20,22). The van der Waals surface area contributed by atoms with Gasteiger partial charge < -0.3 is 5.32 Å². The molecule has 0 aliphatic heterocycles. The zero-order valence-corrected chi connectivity index (χ0v) is 15.8. The normalized spacial score (nSPS) is 11.5. The van der Waals surface area contributed by atoms with Crippen LogP contribution in [0.1, 0.15) is 19.4 Å². The quantitative estimate of drug-likeness (QED) is 0.798. The first-order valence-electron chi connectivity index (χ1n) is 8.02. The molecular weight excluding hydrogens is 360 g/mol. The van der Waals surface area contributed by atoms with Gasteiger partial charge in [0.2, 0.25) is 15.9 Å². The fourth-order valence-corrected chi connectivity index (χ4v) is 4.10. The van der Waals surface area contributed by atoms with Gasteiger partial charge in [-0.25, -0.2) is 8.42 Å². The molecule has 0 aliphatic carbocycles. The summed E-state index contributed by atoms with van der Waals surface area (Å²) in [7, 11) is -3.61. The van der Waals surface area contributed by atoms with Crippen LogP contribution in [0, 0.1) is 0 Å². The molecule has 2 rings (SSSR count). The summed E-state index contributed by atoms with van der Waals surface area (Å²) in [6.45, 7) is 4.30. The van der Waals surface area contributed by atoms with Gasteiger partial charge in [-0.15, -0.1) is 0 Å². The predicted octanol–water partition coefficient (Wildman–Crippen LogP) is 3.55. The van der Waals surface area contributed by atoms with Gasteiger partial charge >= 0.3 is 0 Å². The monoisotopic (exact) mass is 380 g/mol. The van der Waals surface area contributed by atoms with E-state index < -0.39 is 10.0 Å². The summed E-state index contributed by atoms with van der Waals surface area (Å²) in [6, 6.07) is 13.6. The molecule has 0 spiro atoms. The number of benzene rings is 2. The Morgan fingerprint density at radius 3 is 2.32 bits per heavy atom. The van der Waals surface area contributed by atoms with E-state index in [0.29, 0.717) is 18.1 Å². The minimum atomic E-state index is -3.61. The lowest BCUT2D eigenvalue weighted by atomic mass is 10.1. The third kappa shape index (κ3) is 4.81. The molecule has 0 aliphatic rings. The highest BCUT2D eigenvalue weighted by molar-refractivity contribution is 7.89. The molecule has 134 valence electrons. The largest absolute Gasteiger partial charge is 0.324 e. The van der Waals surface area contributed by atoms with E-state index in [9.17, 15) is 13.2 Å². The molecule has 5 nitrogen and oxygen atoms in total. The van der Waals surface area contributed by atoms with E-state index in [1.165, 1.54) is 22.5 Å². The van der Waals surface area contributed by atoms with Gasteiger partial charge in [0.15, 0.2) is 0 Å². The van der Waals surface area contributed by atoms with Crippen molar-refractivity contribution >= 4 is 33.2 Å². The summed E-state index contributed by atoms with van der Waals surface area (Å²) in [5.41, 5.74) is 1.15. The van der Waals surface area contributed by atoms with E-state index in [1.807, 2.05) is 30.3 Å². The Bertz CT molecular complexity index is 835. The number of hydrogen-bond acceptors (Lipinski definition) is 3. The van der Waals surface area contributed by atoms with E-state index >= 15 is 0 Å². The molecule has 1 N–H and O–H groups in total. The van der Waals surface area contributed by atoms with Gasteiger partial charge in [0.25, 0.3) is 0 Å². The number of amides is 1. The molecule has 2 aromatic carbocycles. The molecule has 0 fully saturated rings. The number of hydrogen-bond donors (Lipinski definition) is 1. The molecule has 0 radical (unpaired) electrons. The van der Waals surface area contributed by atoms with Crippen molar-refractivity contribution in [3.8, 4) is 0 Å². The number of halogens is 1. The summed E-state index contributed by atoms with van der Waals surface area (Å²) < 4.78 is 26.6. The highest BCUT2D eigenvalue weighted by Gasteiger charge is 2.22. The van der Waals surface area contributed by atoms with Crippen LogP contribution in [0.5, 0.6) is 0 Å². The number of nitrogens with one attached hydrogen (secondary N) is 1. The molecule has 0 aromatic heterocycles. The van der Waals surface area contributed by atoms with Crippen LogP contribution in [-0.2, 0) is 21.2 Å². The minimum absolute atomic E-state index is 0.107. The third-order valence-corrected chi connectivity index (χ3v) is 6.14. The summed E-state index contributed by atoms with van der Waals surface area (Å²) in [5.74, 6) is -0.259. The topological polar surface area (TPSA) is 66.5 Å². The number of anilines is 1. The van der Waals surface area contributed by atoms with Crippen LogP contribution in [0.2, 0.25) is 5.02 Å². The maximum atomic E-state index is 12.6. The Balaban J connectivity index is 2.23. The zero-order valence-electron chi connectivity index (χ0n) is 14.2. The molecule has 7 heteroatoms. The molecule has 0 heterocycles. The van der Waals surface area contributed by atoms with Gasteiger partial charge in [-0.3, -0.25) is 4.79 Å². The van der Waals surface area contributed by atoms with Crippen molar-refractivity contribution < 1.29 is 13.2 Å². The fraction of sp³-hybridized carbons (Fsp3) is 0.278. The summed E-state index contributed by atoms with van der Waals surface area (Å²) in [5, 5.41) is 2.98. The van der Waals surface area contributed by atoms with Gasteiger partial charge in [0, 0.05) is 13.1 Å². The van der Waals surface area contributed by atoms with E-state index in [1.54, 1.807) is 13.8 Å². The number of carbonyl (C=O) groups excluding carboxylic acids is 1. The van der Waals surface area contributed by atoms with E-state index in [2.05, 4.69) is 5.32 Å². The smallest absolute Gasteiger partial charge is 0.243 e. The SMILES string of the molecule is CCN(CC)S(=O)(=O)c1ccc(Cl)c(NC(=O)Cc2ccccc2)c1. The molecular formula is C18H21ClN2O3S. The summed E-state index contributed by atoms with van der Waals surface area (Å²) in [4.78, 5) is 12.3. The Kier molecular flexibility index (Phi) is 6.58. The molecule has 25 heavy (non-hydrogen) atoms. The van der Waals surface area contributed by atoms with Crippen LogP contribution in [0.25, 0.3) is 0 Å².